The number of hydrogen-bond acceptors (Lipinski definition) is 3. The fourth-order valence-electron chi connectivity index (χ4n) is 2.00. The van der Waals surface area contributed by atoms with E-state index in [-0.39, 0.29) is 23.4 Å². The Morgan fingerprint density at radius 2 is 1.90 bits per heavy atom. The molecule has 0 saturated heterocycles. The first-order valence-electron chi connectivity index (χ1n) is 6.50. The molecular weight excluding hydrogens is 260 g/mol. The van der Waals surface area contributed by atoms with E-state index in [9.17, 15) is 14.7 Å². The Morgan fingerprint density at radius 3 is 2.40 bits per heavy atom. The number of carbonyl (C=O) groups excluding carboxylic acids is 1. The lowest BCUT2D eigenvalue weighted by Crippen LogP contribution is -2.39. The molecule has 0 aliphatic heterocycles. The average Bonchev–Trinajstić information content (AvgIpc) is 2.41. The summed E-state index contributed by atoms with van der Waals surface area (Å²) in [7, 11) is 1.70. The van der Waals surface area contributed by atoms with E-state index in [1.165, 1.54) is 18.2 Å². The summed E-state index contributed by atoms with van der Waals surface area (Å²) < 4.78 is 0. The molecule has 0 fully saturated rings. The summed E-state index contributed by atoms with van der Waals surface area (Å²) in [4.78, 5) is 24.5. The van der Waals surface area contributed by atoms with Crippen LogP contribution in [0.1, 0.15) is 37.0 Å². The third-order valence-electron chi connectivity index (χ3n) is 3.29. The van der Waals surface area contributed by atoms with E-state index in [1.807, 2.05) is 13.8 Å². The van der Waals surface area contributed by atoms with E-state index >= 15 is 0 Å². The van der Waals surface area contributed by atoms with Crippen LogP contribution in [0.25, 0.3) is 0 Å². The van der Waals surface area contributed by atoms with Crippen LogP contribution in [0.5, 0.6) is 5.75 Å². The van der Waals surface area contributed by atoms with Gasteiger partial charge < -0.3 is 20.4 Å². The summed E-state index contributed by atoms with van der Waals surface area (Å²) >= 11 is 0. The quantitative estimate of drug-likeness (QED) is 0.723. The van der Waals surface area contributed by atoms with Crippen molar-refractivity contribution in [3.8, 4) is 5.75 Å². The second kappa shape index (κ2) is 6.79. The maximum Gasteiger partial charge on any atom is 0.339 e. The smallest absolute Gasteiger partial charge is 0.339 e. The highest BCUT2D eigenvalue weighted by Crippen LogP contribution is 2.22. The molecule has 0 aromatic heterocycles. The van der Waals surface area contributed by atoms with Gasteiger partial charge in [0.25, 0.3) is 0 Å². The first kappa shape index (κ1) is 15.8. The average molecular weight is 280 g/mol. The molecule has 0 atom stereocenters. The minimum atomic E-state index is -1.24. The fourth-order valence-corrected chi connectivity index (χ4v) is 2.00. The van der Waals surface area contributed by atoms with Crippen molar-refractivity contribution in [2.45, 2.75) is 32.7 Å². The molecule has 2 amide bonds. The summed E-state index contributed by atoms with van der Waals surface area (Å²) in [6.45, 7) is 4.00. The Hall–Kier alpha value is -2.24. The molecule has 0 aliphatic carbocycles. The molecule has 3 N–H and O–H groups in total. The molecule has 1 aromatic carbocycles. The van der Waals surface area contributed by atoms with Gasteiger partial charge >= 0.3 is 12.0 Å². The molecule has 0 bridgehead atoms. The number of phenols is 1. The van der Waals surface area contributed by atoms with Crippen molar-refractivity contribution in [2.24, 2.45) is 0 Å². The number of amides is 2. The highest BCUT2D eigenvalue weighted by Gasteiger charge is 2.17. The molecule has 6 heteroatoms. The van der Waals surface area contributed by atoms with E-state index in [0.29, 0.717) is 5.69 Å². The van der Waals surface area contributed by atoms with E-state index in [0.717, 1.165) is 12.8 Å². The van der Waals surface area contributed by atoms with Gasteiger partial charge in [-0.2, -0.15) is 0 Å². The largest absolute Gasteiger partial charge is 0.507 e. The molecule has 110 valence electrons. The molecule has 20 heavy (non-hydrogen) atoms. The van der Waals surface area contributed by atoms with E-state index in [1.54, 1.807) is 11.9 Å². The van der Waals surface area contributed by atoms with Crippen LogP contribution in [0.4, 0.5) is 10.5 Å². The molecule has 0 spiro atoms. The van der Waals surface area contributed by atoms with Gasteiger partial charge in [-0.25, -0.2) is 9.59 Å². The molecule has 0 aliphatic rings. The molecule has 0 saturated carbocycles. The van der Waals surface area contributed by atoms with Gasteiger partial charge in [-0.1, -0.05) is 13.8 Å². The third kappa shape index (κ3) is 3.63. The van der Waals surface area contributed by atoms with Crippen molar-refractivity contribution >= 4 is 17.7 Å². The predicted octanol–water partition coefficient (Wildman–Crippen LogP) is 2.74. The van der Waals surface area contributed by atoms with Gasteiger partial charge in [0.2, 0.25) is 0 Å². The zero-order valence-corrected chi connectivity index (χ0v) is 11.9. The van der Waals surface area contributed by atoms with E-state index in [4.69, 9.17) is 5.11 Å². The van der Waals surface area contributed by atoms with Crippen molar-refractivity contribution < 1.29 is 19.8 Å². The van der Waals surface area contributed by atoms with Gasteiger partial charge in [-0.05, 0) is 31.0 Å². The number of carbonyl (C=O) groups is 2. The maximum atomic E-state index is 12.0. The Balaban J connectivity index is 2.86. The molecule has 0 heterocycles. The number of aromatic carboxylic acids is 1. The van der Waals surface area contributed by atoms with Crippen LogP contribution in [0.3, 0.4) is 0 Å². The minimum absolute atomic E-state index is 0.131. The summed E-state index contributed by atoms with van der Waals surface area (Å²) in [5, 5.41) is 20.9. The Labute approximate surface area is 118 Å². The standard InChI is InChI=1S/C14H20N2O4/c1-4-10(5-2)16(3)14(20)15-9-6-7-12(17)11(8-9)13(18)19/h6-8,10,17H,4-5H2,1-3H3,(H,15,20)(H,18,19). The van der Waals surface area contributed by atoms with Gasteiger partial charge in [0, 0.05) is 18.8 Å². The van der Waals surface area contributed by atoms with Gasteiger partial charge in [-0.15, -0.1) is 0 Å². The number of rotatable bonds is 5. The zero-order chi connectivity index (χ0) is 15.3. The first-order chi connectivity index (χ1) is 9.40. The number of anilines is 1. The lowest BCUT2D eigenvalue weighted by Gasteiger charge is -2.26. The summed E-state index contributed by atoms with van der Waals surface area (Å²) in [6, 6.07) is 3.76. The molecular formula is C14H20N2O4. The zero-order valence-electron chi connectivity index (χ0n) is 11.9. The number of urea groups is 1. The van der Waals surface area contributed by atoms with Crippen LogP contribution < -0.4 is 5.32 Å². The highest BCUT2D eigenvalue weighted by atomic mass is 16.4. The SMILES string of the molecule is CCC(CC)N(C)C(=O)Nc1ccc(O)c(C(=O)O)c1. The minimum Gasteiger partial charge on any atom is -0.507 e. The van der Waals surface area contributed by atoms with Crippen LogP contribution in [0.2, 0.25) is 0 Å². The number of aromatic hydroxyl groups is 1. The number of carboxylic acid groups (broad SMARTS) is 1. The third-order valence-corrected chi connectivity index (χ3v) is 3.29. The number of nitrogens with zero attached hydrogens (tertiary/aromatic N) is 1. The monoisotopic (exact) mass is 280 g/mol. The second-order valence-corrected chi connectivity index (χ2v) is 4.55. The lowest BCUT2D eigenvalue weighted by molar-refractivity contribution is 0.0693. The van der Waals surface area contributed by atoms with Crippen molar-refractivity contribution in [3.63, 3.8) is 0 Å². The molecule has 0 unspecified atom stereocenters. The Bertz CT molecular complexity index is 498. The second-order valence-electron chi connectivity index (χ2n) is 4.55. The molecule has 1 aromatic rings. The van der Waals surface area contributed by atoms with Crippen LogP contribution in [-0.2, 0) is 0 Å². The Morgan fingerprint density at radius 1 is 1.30 bits per heavy atom. The molecule has 0 radical (unpaired) electrons. The van der Waals surface area contributed by atoms with Gasteiger partial charge in [-0.3, -0.25) is 0 Å². The van der Waals surface area contributed by atoms with Crippen molar-refractivity contribution in [1.29, 1.82) is 0 Å². The van der Waals surface area contributed by atoms with Crippen molar-refractivity contribution in [3.05, 3.63) is 23.8 Å². The van der Waals surface area contributed by atoms with Gasteiger partial charge in [0.05, 0.1) is 0 Å². The molecule has 6 nitrogen and oxygen atoms in total. The summed E-state index contributed by atoms with van der Waals surface area (Å²) in [5.74, 6) is -1.57. The van der Waals surface area contributed by atoms with Crippen LogP contribution in [0.15, 0.2) is 18.2 Å². The van der Waals surface area contributed by atoms with E-state index < -0.39 is 5.97 Å². The van der Waals surface area contributed by atoms with Gasteiger partial charge in [0.15, 0.2) is 0 Å². The van der Waals surface area contributed by atoms with E-state index in [2.05, 4.69) is 5.32 Å². The maximum absolute atomic E-state index is 12.0. The number of benzene rings is 1. The summed E-state index contributed by atoms with van der Waals surface area (Å²) in [5.41, 5.74) is 0.0935. The number of carboxylic acids is 1. The fraction of sp³-hybridized carbons (Fsp3) is 0.429. The topological polar surface area (TPSA) is 89.9 Å². The number of hydrogen-bond donors (Lipinski definition) is 3. The van der Waals surface area contributed by atoms with Crippen LogP contribution >= 0.6 is 0 Å². The van der Waals surface area contributed by atoms with Crippen LogP contribution in [-0.4, -0.2) is 40.2 Å². The highest BCUT2D eigenvalue weighted by molar-refractivity contribution is 5.95. The molecule has 1 rings (SSSR count). The normalized spacial score (nSPS) is 10.4. The summed E-state index contributed by atoms with van der Waals surface area (Å²) in [6.07, 6.45) is 1.69. The van der Waals surface area contributed by atoms with Crippen molar-refractivity contribution in [1.82, 2.24) is 4.90 Å². The first-order valence-corrected chi connectivity index (χ1v) is 6.50. The Kier molecular flexibility index (Phi) is 5.37. The van der Waals surface area contributed by atoms with Crippen molar-refractivity contribution in [2.75, 3.05) is 12.4 Å². The van der Waals surface area contributed by atoms with Crippen LogP contribution in [0, 0.1) is 0 Å². The van der Waals surface area contributed by atoms with Gasteiger partial charge in [0.1, 0.15) is 11.3 Å². The lowest BCUT2D eigenvalue weighted by atomic mass is 10.1. The number of nitrogens with one attached hydrogen (secondary N) is 1. The predicted molar refractivity (Wildman–Crippen MR) is 76.2 cm³/mol.